The van der Waals surface area contributed by atoms with E-state index in [0.29, 0.717) is 0 Å². The fraction of sp³-hybridized carbons (Fsp3) is 0.731. The third-order valence-corrected chi connectivity index (χ3v) is 6.43. The lowest BCUT2D eigenvalue weighted by atomic mass is 9.96. The Bertz CT molecular complexity index is 1130. The Morgan fingerprint density at radius 3 is 1.30 bits per heavy atom. The maximum absolute atomic E-state index is 12.5. The second-order valence-corrected chi connectivity index (χ2v) is 10.1. The molecule has 20 heteroatoms. The number of nitrogens with one attached hydrogen (secondary N) is 1. The fourth-order valence-electron chi connectivity index (χ4n) is 4.57. The summed E-state index contributed by atoms with van der Waals surface area (Å²) in [6.45, 7) is 5.41. The maximum atomic E-state index is 12.5. The van der Waals surface area contributed by atoms with Crippen molar-refractivity contribution in [3.63, 3.8) is 0 Å². The van der Waals surface area contributed by atoms with Crippen molar-refractivity contribution >= 4 is 51.4 Å². The zero-order valence-electron chi connectivity index (χ0n) is 26.1. The summed E-state index contributed by atoms with van der Waals surface area (Å²) < 4.78 is 60.5. The topological polar surface area (TPSA) is 233 Å². The van der Waals surface area contributed by atoms with E-state index < -0.39 is 117 Å². The number of alkyl carbamates (subject to hydrolysis) is 1. The van der Waals surface area contributed by atoms with E-state index in [2.05, 4.69) is 5.32 Å². The second kappa shape index (κ2) is 17.9. The lowest BCUT2D eigenvalue weighted by molar-refractivity contribution is -0.357. The Hall–Kier alpha value is -3.64. The number of carbonyl (C=O) groups is 7. The summed E-state index contributed by atoms with van der Waals surface area (Å²) in [5.41, 5.74) is 0. The molecular weight excluding hydrogens is 645 g/mol. The van der Waals surface area contributed by atoms with E-state index in [0.717, 1.165) is 41.5 Å². The molecule has 2 aliphatic rings. The van der Waals surface area contributed by atoms with Gasteiger partial charge in [0.2, 0.25) is 0 Å². The molecule has 1 amide bonds. The molecule has 11 atom stereocenters. The highest BCUT2D eigenvalue weighted by Crippen LogP contribution is 2.36. The minimum absolute atomic E-state index is 0.465. The molecule has 0 bridgehead atoms. The lowest BCUT2D eigenvalue weighted by Crippen LogP contribution is -2.67. The van der Waals surface area contributed by atoms with Gasteiger partial charge in [-0.2, -0.15) is 0 Å². The molecule has 0 aromatic carbocycles. The van der Waals surface area contributed by atoms with E-state index in [9.17, 15) is 33.6 Å². The largest absolute Gasteiger partial charge is 0.463 e. The second-order valence-electron chi connectivity index (χ2n) is 9.84. The van der Waals surface area contributed by atoms with Crippen LogP contribution in [0.1, 0.15) is 41.5 Å². The third kappa shape index (κ3) is 11.3. The molecule has 46 heavy (non-hydrogen) atoms. The van der Waals surface area contributed by atoms with Crippen molar-refractivity contribution in [1.82, 2.24) is 5.32 Å². The van der Waals surface area contributed by atoms with Crippen LogP contribution in [-0.4, -0.2) is 124 Å². The lowest BCUT2D eigenvalue weighted by Gasteiger charge is -2.48. The van der Waals surface area contributed by atoms with E-state index in [1.54, 1.807) is 0 Å². The average molecular weight is 684 g/mol. The first-order valence-corrected chi connectivity index (χ1v) is 14.2. The highest BCUT2D eigenvalue weighted by molar-refractivity contribution is 7.09. The van der Waals surface area contributed by atoms with Gasteiger partial charge in [-0.25, -0.2) is 4.79 Å². The van der Waals surface area contributed by atoms with Crippen molar-refractivity contribution in [2.45, 2.75) is 103 Å². The van der Waals surface area contributed by atoms with Crippen LogP contribution in [0.5, 0.6) is 0 Å². The SMILES string of the molecule is CNC(=O)O[C@@H]1[C@@H](O[C@@H]2[C@@H](OP)O[C@@H](COC(C)=O)[C@@H](OC(C)=O)[C@@H]2OC(C)=O)O[C@H](COC(C)=O)[C@@H](OC(C)=O)[C@@H]1OC(C)=O. The van der Waals surface area contributed by atoms with Gasteiger partial charge in [0, 0.05) is 58.1 Å². The predicted molar refractivity (Wildman–Crippen MR) is 148 cm³/mol. The Kier molecular flexibility index (Phi) is 15.0. The minimum Gasteiger partial charge on any atom is -0.463 e. The molecule has 2 fully saturated rings. The summed E-state index contributed by atoms with van der Waals surface area (Å²) in [6.07, 6.45) is -16.4. The average Bonchev–Trinajstić information content (AvgIpc) is 2.94. The molecule has 0 spiro atoms. The highest BCUT2D eigenvalue weighted by Gasteiger charge is 2.57. The Labute approximate surface area is 265 Å². The van der Waals surface area contributed by atoms with Gasteiger partial charge in [0.05, 0.1) is 0 Å². The van der Waals surface area contributed by atoms with E-state index in [1.807, 2.05) is 9.47 Å². The molecule has 0 aromatic heterocycles. The van der Waals surface area contributed by atoms with Gasteiger partial charge in [-0.3, -0.25) is 28.8 Å². The fourth-order valence-corrected chi connectivity index (χ4v) is 4.79. The minimum atomic E-state index is -1.79. The molecule has 260 valence electrons. The number of esters is 6. The molecule has 2 heterocycles. The van der Waals surface area contributed by atoms with Gasteiger partial charge in [0.1, 0.15) is 25.4 Å². The van der Waals surface area contributed by atoms with Crippen LogP contribution in [0.2, 0.25) is 0 Å². The van der Waals surface area contributed by atoms with E-state index in [1.165, 1.54) is 7.05 Å². The predicted octanol–water partition coefficient (Wildman–Crippen LogP) is -0.794. The summed E-state index contributed by atoms with van der Waals surface area (Å²) in [5.74, 6) is -4.89. The monoisotopic (exact) mass is 683 g/mol. The van der Waals surface area contributed by atoms with Crippen molar-refractivity contribution in [2.75, 3.05) is 20.3 Å². The number of hydrogen-bond acceptors (Lipinski definition) is 18. The molecule has 2 aliphatic heterocycles. The normalized spacial score (nSPS) is 30.5. The van der Waals surface area contributed by atoms with Gasteiger partial charge in [0.25, 0.3) is 0 Å². The molecule has 2 saturated heterocycles. The molecule has 0 aliphatic carbocycles. The summed E-state index contributed by atoms with van der Waals surface area (Å²) >= 11 is 0. The van der Waals surface area contributed by atoms with Crippen molar-refractivity contribution in [1.29, 1.82) is 0 Å². The Balaban J connectivity index is 2.67. The van der Waals surface area contributed by atoms with Gasteiger partial charge in [0.15, 0.2) is 49.2 Å². The highest BCUT2D eigenvalue weighted by atomic mass is 31.0. The summed E-state index contributed by atoms with van der Waals surface area (Å²) in [5, 5.41) is 2.22. The van der Waals surface area contributed by atoms with E-state index in [-0.39, 0.29) is 0 Å². The zero-order valence-corrected chi connectivity index (χ0v) is 27.3. The van der Waals surface area contributed by atoms with Crippen LogP contribution in [0.15, 0.2) is 0 Å². The summed E-state index contributed by atoms with van der Waals surface area (Å²) in [6, 6.07) is 0. The van der Waals surface area contributed by atoms with Crippen LogP contribution in [0.3, 0.4) is 0 Å². The number of carbonyl (C=O) groups excluding carboxylic acids is 7. The molecule has 2 rings (SSSR count). The first kappa shape index (κ1) is 38.5. The third-order valence-electron chi connectivity index (χ3n) is 6.16. The molecule has 0 aromatic rings. The van der Waals surface area contributed by atoms with Gasteiger partial charge in [-0.05, 0) is 0 Å². The van der Waals surface area contributed by atoms with Crippen LogP contribution in [-0.2, 0) is 80.7 Å². The molecular formula is C26H38NO18P. The van der Waals surface area contributed by atoms with Crippen molar-refractivity contribution in [2.24, 2.45) is 0 Å². The van der Waals surface area contributed by atoms with Crippen molar-refractivity contribution in [3.8, 4) is 0 Å². The van der Waals surface area contributed by atoms with Gasteiger partial charge in [-0.1, -0.05) is 0 Å². The number of rotatable bonds is 12. The van der Waals surface area contributed by atoms with Crippen molar-refractivity contribution in [3.05, 3.63) is 0 Å². The van der Waals surface area contributed by atoms with E-state index in [4.69, 9.17) is 51.9 Å². The first-order valence-electron chi connectivity index (χ1n) is 13.7. The maximum Gasteiger partial charge on any atom is 0.407 e. The number of amides is 1. The van der Waals surface area contributed by atoms with Crippen LogP contribution in [0.25, 0.3) is 0 Å². The Morgan fingerprint density at radius 2 is 0.935 bits per heavy atom. The van der Waals surface area contributed by atoms with E-state index >= 15 is 0 Å². The van der Waals surface area contributed by atoms with Gasteiger partial charge >= 0.3 is 41.9 Å². The number of ether oxygens (including phenoxy) is 10. The quantitative estimate of drug-likeness (QED) is 0.151. The summed E-state index contributed by atoms with van der Waals surface area (Å²) in [7, 11) is 3.14. The van der Waals surface area contributed by atoms with Crippen LogP contribution in [0.4, 0.5) is 4.79 Å². The molecule has 1 N–H and O–H groups in total. The molecule has 1 unspecified atom stereocenters. The number of hydrogen-bond donors (Lipinski definition) is 1. The standard InChI is InChI=1S/C26H38NO18P/c1-10(28)35-8-16-18(37-12(3)30)20(39-14(5)32)22(44-26(34)27-7)24(41-16)43-23-21(40-15(6)33)19(38-13(4)31)17(9-36-11(2)29)42-25(23)45-46/h16-25H,8-9,46H2,1-7H3,(H,27,34)/t16-,17+,18-,19-,20+,21+,22+,23+,24-,25-/m1/s1. The van der Waals surface area contributed by atoms with Crippen LogP contribution in [0, 0.1) is 0 Å². The molecule has 19 nitrogen and oxygen atoms in total. The first-order chi connectivity index (χ1) is 21.6. The smallest absolute Gasteiger partial charge is 0.407 e. The molecule has 0 saturated carbocycles. The van der Waals surface area contributed by atoms with Crippen LogP contribution < -0.4 is 5.32 Å². The van der Waals surface area contributed by atoms with Gasteiger partial charge in [-0.15, -0.1) is 0 Å². The zero-order chi connectivity index (χ0) is 34.7. The van der Waals surface area contributed by atoms with Crippen molar-refractivity contribution < 1.29 is 85.5 Å². The molecule has 0 radical (unpaired) electrons. The Morgan fingerprint density at radius 1 is 0.543 bits per heavy atom. The van der Waals surface area contributed by atoms with Crippen LogP contribution >= 0.6 is 9.47 Å². The summed E-state index contributed by atoms with van der Waals surface area (Å²) in [4.78, 5) is 84.3. The van der Waals surface area contributed by atoms with Gasteiger partial charge < -0.3 is 57.2 Å².